The van der Waals surface area contributed by atoms with E-state index in [0.29, 0.717) is 0 Å². The molecule has 2 nitrogen and oxygen atoms in total. The van der Waals surface area contributed by atoms with Crippen molar-refractivity contribution in [3.63, 3.8) is 0 Å². The van der Waals surface area contributed by atoms with Gasteiger partial charge < -0.3 is 23.8 Å². The minimum atomic E-state index is -0.167. The summed E-state index contributed by atoms with van der Waals surface area (Å²) in [7, 11) is 0. The van der Waals surface area contributed by atoms with Crippen LogP contribution in [0.25, 0.3) is 0 Å². The molecule has 0 amide bonds. The zero-order chi connectivity index (χ0) is 7.58. The molecule has 0 aromatic carbocycles. The van der Waals surface area contributed by atoms with E-state index >= 15 is 0 Å². The fraction of sp³-hybridized carbons (Fsp3) is 0. The number of hydrogen-bond acceptors (Lipinski definition) is 2. The Balaban J connectivity index is -0.0000000221. The van der Waals surface area contributed by atoms with Crippen molar-refractivity contribution in [2.45, 2.75) is 0 Å². The van der Waals surface area contributed by atoms with Gasteiger partial charge in [-0.15, -0.1) is 0 Å². The Morgan fingerprint density at radius 2 is 1.11 bits per heavy atom. The van der Waals surface area contributed by atoms with Crippen LogP contribution < -0.4 is 0 Å². The Kier molecular flexibility index (Phi) is 80.0. The van der Waals surface area contributed by atoms with E-state index in [2.05, 4.69) is 72.8 Å². The summed E-state index contributed by atoms with van der Waals surface area (Å²) >= 11 is 7.34. The Labute approximate surface area is 93.4 Å². The summed E-state index contributed by atoms with van der Waals surface area (Å²) in [4.78, 5) is 15.2. The van der Waals surface area contributed by atoms with E-state index in [0.717, 1.165) is 0 Å². The molecule has 0 saturated carbocycles. The van der Waals surface area contributed by atoms with Crippen LogP contribution in [0.15, 0.2) is 0 Å². The number of carbonyl (C=O) groups excluding carboxylic acids is 2. The van der Waals surface area contributed by atoms with E-state index in [1.54, 1.807) is 0 Å². The normalized spacial score (nSPS) is 5.89. The Morgan fingerprint density at radius 1 is 1.11 bits per heavy atom. The molecule has 0 atom stereocenters. The summed E-state index contributed by atoms with van der Waals surface area (Å²) in [6, 6.07) is 0. The van der Waals surface area contributed by atoms with Crippen molar-refractivity contribution in [2.75, 3.05) is 0 Å². The number of halogens is 3. The van der Waals surface area contributed by atoms with Crippen molar-refractivity contribution in [1.29, 1.82) is 0 Å². The molecule has 0 aliphatic carbocycles. The minimum absolute atomic E-state index is 0. The molecule has 0 aromatic heterocycles. The average molecular weight is 556 g/mol. The molecule has 1 radical (unpaired) electrons. The van der Waals surface area contributed by atoms with Crippen molar-refractivity contribution < 1.29 is 15.0 Å². The molecule has 0 aromatic rings. The van der Waals surface area contributed by atoms with E-state index < -0.39 is 0 Å². The Bertz CT molecular complexity index is 33.5. The first kappa shape index (κ1) is 22.5. The number of hydrogen-bond donors (Lipinski definition) is 0. The van der Waals surface area contributed by atoms with Gasteiger partial charge in [0.05, 0.1) is 0 Å². The number of rotatable bonds is 0. The molecule has 0 rings (SSSR count). The third-order valence-corrected chi connectivity index (χ3v) is 0. The zero-order valence-corrected chi connectivity index (χ0v) is 12.5. The van der Waals surface area contributed by atoms with Gasteiger partial charge in [-0.2, -0.15) is 0 Å². The van der Waals surface area contributed by atoms with E-state index in [4.69, 9.17) is 9.59 Å². The van der Waals surface area contributed by atoms with E-state index in [1.807, 2.05) is 0 Å². The van der Waals surface area contributed by atoms with Gasteiger partial charge in [0.1, 0.15) is 0 Å². The van der Waals surface area contributed by atoms with E-state index in [9.17, 15) is 0 Å². The van der Waals surface area contributed by atoms with Gasteiger partial charge in [0.15, 0.2) is 0 Å². The van der Waals surface area contributed by atoms with Gasteiger partial charge in [0, 0.05) is 0 Å². The van der Waals surface area contributed by atoms with Gasteiger partial charge in [-0.25, -0.2) is 0 Å². The van der Waals surface area contributed by atoms with Crippen LogP contribution in [0.4, 0.5) is 0 Å². The van der Waals surface area contributed by atoms with Gasteiger partial charge in [-0.3, -0.25) is 6.79 Å². The van der Waals surface area contributed by atoms with Crippen LogP contribution in [0.3, 0.4) is 0 Å². The molecule has 0 heterocycles. The first-order chi connectivity index (χ1) is 3.73. The van der Waals surface area contributed by atoms with Crippen LogP contribution in [0.5, 0.6) is 0 Å². The topological polar surface area (TPSA) is 34.1 Å². The van der Waals surface area contributed by atoms with Crippen LogP contribution >= 0.6 is 59.3 Å². The van der Waals surface area contributed by atoms with E-state index in [1.165, 1.54) is 0 Å². The maximum atomic E-state index is 7.75. The van der Waals surface area contributed by atoms with Crippen molar-refractivity contribution in [1.82, 2.24) is 0 Å². The second-order valence-corrected chi connectivity index (χ2v) is 38.0. The first-order valence-electron chi connectivity index (χ1n) is 0.818. The molecule has 0 unspecified atom stereocenters. The molecule has 0 saturated heterocycles. The molecule has 61 valence electrons. The monoisotopic (exact) mass is 556 g/mol. The fourth-order valence-electron chi connectivity index (χ4n) is 0. The third-order valence-electron chi connectivity index (χ3n) is 0. The molecule has 0 bridgehead atoms. The van der Waals surface area contributed by atoms with E-state index in [-0.39, 0.29) is 12.8 Å². The van der Waals surface area contributed by atoms with Crippen LogP contribution in [0.1, 0.15) is 0 Å². The molecule has 9 heavy (non-hydrogen) atoms. The summed E-state index contributed by atoms with van der Waals surface area (Å²) in [5.74, 6) is 0. The Hall–Kier alpha value is 2.15. The van der Waals surface area contributed by atoms with Crippen molar-refractivity contribution in [3.05, 3.63) is 7.43 Å². The Morgan fingerprint density at radius 3 is 1.11 bits per heavy atom. The second-order valence-electron chi connectivity index (χ2n) is 0.143. The molecule has 0 fully saturated rings. The first-order valence-corrected chi connectivity index (χ1v) is 15.4. The summed E-state index contributed by atoms with van der Waals surface area (Å²) in [5.41, 5.74) is 0. The van der Waals surface area contributed by atoms with Crippen molar-refractivity contribution >= 4 is 72.8 Å². The summed E-state index contributed by atoms with van der Waals surface area (Å²) in [5, 5.41) is -0.167. The standard InChI is InChI=1S/CHO.CO.CH3.3HI.Rh/c2*1-2;;;;;/h1H;;1H3;3*1H;/q3*-1;;;;+3/p-3. The van der Waals surface area contributed by atoms with Crippen LogP contribution in [0, 0.1) is 7.43 Å². The van der Waals surface area contributed by atoms with Crippen molar-refractivity contribution in [3.8, 4) is 0 Å². The van der Waals surface area contributed by atoms with Crippen molar-refractivity contribution in [2.24, 2.45) is 0 Å². The predicted molar refractivity (Wildman–Crippen MR) is 60.9 cm³/mol. The molecular formula is C3H4I3O2Rh-3. The molecule has 6 heteroatoms. The van der Waals surface area contributed by atoms with Gasteiger partial charge in [0.2, 0.25) is 0 Å². The van der Waals surface area contributed by atoms with Crippen LogP contribution in [0.2, 0.25) is 0 Å². The van der Waals surface area contributed by atoms with Gasteiger partial charge in [-0.1, -0.05) is 0 Å². The van der Waals surface area contributed by atoms with Crippen LogP contribution in [-0.2, 0) is 15.0 Å². The summed E-state index contributed by atoms with van der Waals surface area (Å²) in [6.45, 7) is 7.75. The second kappa shape index (κ2) is 32.0. The predicted octanol–water partition coefficient (Wildman–Crippen LogP) is 2.43. The van der Waals surface area contributed by atoms with Gasteiger partial charge in [0.25, 0.3) is 0 Å². The average Bonchev–Trinajstić information content (AvgIpc) is 1.75. The van der Waals surface area contributed by atoms with Crippen LogP contribution in [-0.4, -0.2) is 13.6 Å². The summed E-state index contributed by atoms with van der Waals surface area (Å²) < 4.78 is 0. The SMILES string of the molecule is [C-]=O.[CH-]=O.[CH3-].[I][Rh]([I])[I]. The fourth-order valence-corrected chi connectivity index (χ4v) is 0. The van der Waals surface area contributed by atoms with Gasteiger partial charge >= 0.3 is 64.7 Å². The van der Waals surface area contributed by atoms with Gasteiger partial charge in [-0.05, 0) is 0 Å². The summed E-state index contributed by atoms with van der Waals surface area (Å²) in [6.07, 6.45) is 0. The molecule has 0 spiro atoms. The molecular weight excluding hydrogens is 552 g/mol. The third kappa shape index (κ3) is 146. The quantitative estimate of drug-likeness (QED) is 0.199. The molecule has 0 N–H and O–H groups in total. The zero-order valence-electron chi connectivity index (χ0n) is 4.36. The maximum absolute atomic E-state index is 7.75. The molecule has 0 aliphatic rings. The molecule has 0 aliphatic heterocycles.